The lowest BCUT2D eigenvalue weighted by Gasteiger charge is -2.12. The lowest BCUT2D eigenvalue weighted by Crippen LogP contribution is -2.06. The molecule has 0 atom stereocenters. The van der Waals surface area contributed by atoms with Crippen LogP contribution in [0.4, 0.5) is 0 Å². The molecular formula is C17H16Cl2N2. The first-order chi connectivity index (χ1) is 10.1. The van der Waals surface area contributed by atoms with Crippen molar-refractivity contribution in [3.05, 3.63) is 52.5 Å². The Balaban J connectivity index is 2.25. The van der Waals surface area contributed by atoms with Crippen molar-refractivity contribution in [3.8, 4) is 11.4 Å². The lowest BCUT2D eigenvalue weighted by molar-refractivity contribution is 0.536. The zero-order valence-corrected chi connectivity index (χ0v) is 13.5. The number of benzene rings is 2. The van der Waals surface area contributed by atoms with Crippen LogP contribution in [0.2, 0.25) is 10.0 Å². The van der Waals surface area contributed by atoms with Gasteiger partial charge in [0.25, 0.3) is 0 Å². The van der Waals surface area contributed by atoms with Gasteiger partial charge in [-0.1, -0.05) is 49.2 Å². The molecule has 108 valence electrons. The zero-order chi connectivity index (χ0) is 15.0. The number of aromatic nitrogens is 2. The average Bonchev–Trinajstić information content (AvgIpc) is 2.77. The van der Waals surface area contributed by atoms with Gasteiger partial charge in [0.2, 0.25) is 0 Å². The fourth-order valence-corrected chi connectivity index (χ4v) is 2.99. The quantitative estimate of drug-likeness (QED) is 0.608. The highest BCUT2D eigenvalue weighted by atomic mass is 35.5. The van der Waals surface area contributed by atoms with Crippen molar-refractivity contribution in [1.29, 1.82) is 0 Å². The van der Waals surface area contributed by atoms with Crippen molar-refractivity contribution in [1.82, 2.24) is 9.55 Å². The molecule has 0 unspecified atom stereocenters. The fraction of sp³-hybridized carbons (Fsp3) is 0.235. The predicted octanol–water partition coefficient (Wildman–Crippen LogP) is 5.67. The van der Waals surface area contributed by atoms with Crippen LogP contribution in [-0.4, -0.2) is 9.55 Å². The molecular weight excluding hydrogens is 303 g/mol. The van der Waals surface area contributed by atoms with Crippen LogP contribution in [0.3, 0.4) is 0 Å². The summed E-state index contributed by atoms with van der Waals surface area (Å²) < 4.78 is 2.23. The van der Waals surface area contributed by atoms with Crippen LogP contribution >= 0.6 is 23.2 Å². The van der Waals surface area contributed by atoms with Gasteiger partial charge in [0.1, 0.15) is 5.82 Å². The molecule has 0 bridgehead atoms. The van der Waals surface area contributed by atoms with E-state index in [-0.39, 0.29) is 0 Å². The van der Waals surface area contributed by atoms with E-state index in [2.05, 4.69) is 24.5 Å². The third kappa shape index (κ3) is 2.78. The van der Waals surface area contributed by atoms with Gasteiger partial charge >= 0.3 is 0 Å². The van der Waals surface area contributed by atoms with Crippen molar-refractivity contribution in [2.75, 3.05) is 0 Å². The number of imidazole rings is 1. The second-order valence-corrected chi connectivity index (χ2v) is 6.40. The summed E-state index contributed by atoms with van der Waals surface area (Å²) in [4.78, 5) is 4.76. The molecule has 4 heteroatoms. The van der Waals surface area contributed by atoms with Gasteiger partial charge in [-0.2, -0.15) is 0 Å². The molecule has 1 aromatic heterocycles. The normalized spacial score (nSPS) is 11.5. The molecule has 0 saturated carbocycles. The maximum absolute atomic E-state index is 6.36. The van der Waals surface area contributed by atoms with Crippen molar-refractivity contribution < 1.29 is 0 Å². The van der Waals surface area contributed by atoms with Crippen molar-refractivity contribution in [2.45, 2.75) is 20.4 Å². The van der Waals surface area contributed by atoms with Crippen LogP contribution in [-0.2, 0) is 6.54 Å². The molecule has 3 rings (SSSR count). The van der Waals surface area contributed by atoms with Crippen molar-refractivity contribution in [2.24, 2.45) is 5.92 Å². The van der Waals surface area contributed by atoms with Crippen LogP contribution in [0.5, 0.6) is 0 Å². The Morgan fingerprint density at radius 2 is 1.86 bits per heavy atom. The Kier molecular flexibility index (Phi) is 3.92. The molecule has 0 N–H and O–H groups in total. The van der Waals surface area contributed by atoms with E-state index in [0.29, 0.717) is 16.0 Å². The molecule has 0 amide bonds. The smallest absolute Gasteiger partial charge is 0.142 e. The number of nitrogens with zero attached hydrogens (tertiary/aromatic N) is 2. The Bertz CT molecular complexity index is 791. The number of hydrogen-bond acceptors (Lipinski definition) is 1. The van der Waals surface area contributed by atoms with Gasteiger partial charge in [-0.25, -0.2) is 4.98 Å². The zero-order valence-electron chi connectivity index (χ0n) is 12.0. The van der Waals surface area contributed by atoms with Crippen LogP contribution < -0.4 is 0 Å². The molecule has 0 radical (unpaired) electrons. The fourth-order valence-electron chi connectivity index (χ4n) is 2.50. The molecule has 0 aliphatic carbocycles. The second kappa shape index (κ2) is 5.70. The summed E-state index contributed by atoms with van der Waals surface area (Å²) in [5, 5.41) is 1.26. The highest BCUT2D eigenvalue weighted by Crippen LogP contribution is 2.32. The third-order valence-electron chi connectivity index (χ3n) is 3.37. The molecule has 0 spiro atoms. The number of fused-ring (bicyclic) bond motifs is 1. The highest BCUT2D eigenvalue weighted by Gasteiger charge is 2.15. The summed E-state index contributed by atoms with van der Waals surface area (Å²) in [7, 11) is 0. The molecule has 3 aromatic rings. The molecule has 2 aromatic carbocycles. The monoisotopic (exact) mass is 318 g/mol. The highest BCUT2D eigenvalue weighted by molar-refractivity contribution is 6.36. The van der Waals surface area contributed by atoms with E-state index in [1.54, 1.807) is 6.07 Å². The maximum atomic E-state index is 6.36. The number of halogens is 2. The van der Waals surface area contributed by atoms with E-state index < -0.39 is 0 Å². The van der Waals surface area contributed by atoms with Crippen molar-refractivity contribution >= 4 is 34.2 Å². The van der Waals surface area contributed by atoms with Gasteiger partial charge in [0.05, 0.1) is 16.1 Å². The third-order valence-corrected chi connectivity index (χ3v) is 3.92. The number of para-hydroxylation sites is 2. The predicted molar refractivity (Wildman–Crippen MR) is 90.0 cm³/mol. The Labute approximate surface area is 134 Å². The van der Waals surface area contributed by atoms with Crippen LogP contribution in [0.1, 0.15) is 13.8 Å². The van der Waals surface area contributed by atoms with Crippen molar-refractivity contribution in [3.63, 3.8) is 0 Å². The molecule has 0 aliphatic rings. The summed E-state index contributed by atoms with van der Waals surface area (Å²) in [6.45, 7) is 5.29. The largest absolute Gasteiger partial charge is 0.324 e. The Morgan fingerprint density at radius 1 is 1.10 bits per heavy atom. The topological polar surface area (TPSA) is 17.8 Å². The standard InChI is InChI=1S/C17H16Cl2N2/c1-11(2)10-21-16-6-4-3-5-15(16)20-17(21)13-8-7-12(18)9-14(13)19/h3-9,11H,10H2,1-2H3. The summed E-state index contributed by atoms with van der Waals surface area (Å²) in [6.07, 6.45) is 0. The first kappa shape index (κ1) is 14.4. The van der Waals surface area contributed by atoms with Gasteiger partial charge in [0.15, 0.2) is 0 Å². The molecule has 1 heterocycles. The molecule has 2 nitrogen and oxygen atoms in total. The summed E-state index contributed by atoms with van der Waals surface area (Å²) in [5.74, 6) is 1.42. The van der Waals surface area contributed by atoms with Gasteiger partial charge < -0.3 is 4.57 Å². The SMILES string of the molecule is CC(C)Cn1c(-c2ccc(Cl)cc2Cl)nc2ccccc21. The van der Waals surface area contributed by atoms with E-state index in [4.69, 9.17) is 28.2 Å². The first-order valence-corrected chi connectivity index (χ1v) is 7.72. The van der Waals surface area contributed by atoms with Crippen LogP contribution in [0.25, 0.3) is 22.4 Å². The minimum absolute atomic E-state index is 0.521. The lowest BCUT2D eigenvalue weighted by atomic mass is 10.2. The minimum atomic E-state index is 0.521. The second-order valence-electron chi connectivity index (χ2n) is 5.55. The van der Waals surface area contributed by atoms with E-state index in [0.717, 1.165) is 29.0 Å². The minimum Gasteiger partial charge on any atom is -0.324 e. The maximum Gasteiger partial charge on any atom is 0.142 e. The average molecular weight is 319 g/mol. The van der Waals surface area contributed by atoms with E-state index in [9.17, 15) is 0 Å². The van der Waals surface area contributed by atoms with E-state index in [1.165, 1.54) is 0 Å². The molecule has 0 saturated heterocycles. The Morgan fingerprint density at radius 3 is 2.57 bits per heavy atom. The van der Waals surface area contributed by atoms with Gasteiger partial charge in [-0.05, 0) is 36.2 Å². The summed E-state index contributed by atoms with van der Waals surface area (Å²) >= 11 is 12.4. The number of rotatable bonds is 3. The number of hydrogen-bond donors (Lipinski definition) is 0. The molecule has 0 aliphatic heterocycles. The van der Waals surface area contributed by atoms with Gasteiger partial charge in [-0.15, -0.1) is 0 Å². The molecule has 0 fully saturated rings. The van der Waals surface area contributed by atoms with Crippen LogP contribution in [0.15, 0.2) is 42.5 Å². The first-order valence-electron chi connectivity index (χ1n) is 6.97. The Hall–Kier alpha value is -1.51. The van der Waals surface area contributed by atoms with Gasteiger partial charge in [-0.3, -0.25) is 0 Å². The van der Waals surface area contributed by atoms with Crippen LogP contribution in [0, 0.1) is 5.92 Å². The van der Waals surface area contributed by atoms with E-state index in [1.807, 2.05) is 30.3 Å². The van der Waals surface area contributed by atoms with E-state index >= 15 is 0 Å². The van der Waals surface area contributed by atoms with Gasteiger partial charge in [0, 0.05) is 17.1 Å². The summed E-state index contributed by atoms with van der Waals surface area (Å²) in [6, 6.07) is 13.7. The summed E-state index contributed by atoms with van der Waals surface area (Å²) in [5.41, 5.74) is 3.03. The molecule has 21 heavy (non-hydrogen) atoms.